The molecule has 0 heterocycles. The van der Waals surface area contributed by atoms with Gasteiger partial charge in [-0.05, 0) is 57.9 Å². The van der Waals surface area contributed by atoms with E-state index in [9.17, 15) is 9.59 Å². The molecule has 132 valence electrons. The van der Waals surface area contributed by atoms with E-state index in [0.29, 0.717) is 5.56 Å². The minimum Gasteiger partial charge on any atom is -0.449 e. The van der Waals surface area contributed by atoms with Crippen molar-refractivity contribution < 1.29 is 14.3 Å². The van der Waals surface area contributed by atoms with E-state index in [4.69, 9.17) is 4.74 Å². The number of hydrogen-bond acceptors (Lipinski definition) is 4. The van der Waals surface area contributed by atoms with Crippen molar-refractivity contribution in [2.24, 2.45) is 0 Å². The summed E-state index contributed by atoms with van der Waals surface area (Å²) in [6.45, 7) is 7.64. The van der Waals surface area contributed by atoms with Crippen LogP contribution in [0.15, 0.2) is 24.3 Å². The topological polar surface area (TPSA) is 58.6 Å². The summed E-state index contributed by atoms with van der Waals surface area (Å²) in [5.41, 5.74) is 1.54. The predicted octanol–water partition coefficient (Wildman–Crippen LogP) is 3.14. The highest BCUT2D eigenvalue weighted by Gasteiger charge is 2.23. The van der Waals surface area contributed by atoms with Crippen molar-refractivity contribution in [1.82, 2.24) is 5.32 Å². The molecule has 1 aromatic rings. The molecular weight excluding hydrogens is 304 g/mol. The van der Waals surface area contributed by atoms with Crippen LogP contribution in [0.1, 0.15) is 56.8 Å². The molecule has 1 aliphatic carbocycles. The Bertz CT molecular complexity index is 546. The molecule has 1 aromatic carbocycles. The Morgan fingerprint density at radius 1 is 1.17 bits per heavy atom. The monoisotopic (exact) mass is 332 g/mol. The first-order chi connectivity index (χ1) is 11.5. The van der Waals surface area contributed by atoms with Crippen molar-refractivity contribution in [2.45, 2.75) is 58.6 Å². The molecule has 1 amide bonds. The first-order valence-corrected chi connectivity index (χ1v) is 8.91. The van der Waals surface area contributed by atoms with Gasteiger partial charge in [0, 0.05) is 24.8 Å². The Kier molecular flexibility index (Phi) is 6.64. The molecular formula is C19H28N2O3. The van der Waals surface area contributed by atoms with E-state index in [2.05, 4.69) is 24.1 Å². The number of benzene rings is 1. The smallest absolute Gasteiger partial charge is 0.338 e. The number of nitrogens with one attached hydrogen (secondary N) is 1. The van der Waals surface area contributed by atoms with Crippen molar-refractivity contribution in [3.63, 3.8) is 0 Å². The van der Waals surface area contributed by atoms with Crippen LogP contribution in [-0.4, -0.2) is 37.1 Å². The minimum atomic E-state index is -0.777. The summed E-state index contributed by atoms with van der Waals surface area (Å²) in [5.74, 6) is -0.676. The van der Waals surface area contributed by atoms with Gasteiger partial charge < -0.3 is 15.0 Å². The molecule has 0 radical (unpaired) electrons. The van der Waals surface area contributed by atoms with Gasteiger partial charge in [-0.3, -0.25) is 4.79 Å². The van der Waals surface area contributed by atoms with Gasteiger partial charge in [0.25, 0.3) is 5.91 Å². The number of anilines is 1. The normalized spacial score (nSPS) is 15.8. The molecule has 0 unspecified atom stereocenters. The van der Waals surface area contributed by atoms with Crippen LogP contribution in [-0.2, 0) is 9.53 Å². The quantitative estimate of drug-likeness (QED) is 0.779. The van der Waals surface area contributed by atoms with Crippen molar-refractivity contribution >= 4 is 17.6 Å². The third-order valence-electron chi connectivity index (χ3n) is 4.59. The van der Waals surface area contributed by atoms with Gasteiger partial charge in [0.15, 0.2) is 6.10 Å². The first-order valence-electron chi connectivity index (χ1n) is 8.91. The molecule has 0 aromatic heterocycles. The van der Waals surface area contributed by atoms with Gasteiger partial charge in [-0.2, -0.15) is 0 Å². The maximum atomic E-state index is 12.2. The lowest BCUT2D eigenvalue weighted by Gasteiger charge is -2.21. The second kappa shape index (κ2) is 8.71. The molecule has 5 nitrogen and oxygen atoms in total. The van der Waals surface area contributed by atoms with Crippen molar-refractivity contribution in [1.29, 1.82) is 0 Å². The third-order valence-corrected chi connectivity index (χ3v) is 4.59. The number of esters is 1. The summed E-state index contributed by atoms with van der Waals surface area (Å²) in [6.07, 6.45) is 3.55. The second-order valence-electron chi connectivity index (χ2n) is 6.26. The highest BCUT2D eigenvalue weighted by atomic mass is 16.5. The van der Waals surface area contributed by atoms with Crippen LogP contribution >= 0.6 is 0 Å². The van der Waals surface area contributed by atoms with Gasteiger partial charge in [-0.25, -0.2) is 4.79 Å². The van der Waals surface area contributed by atoms with Crippen LogP contribution in [0.5, 0.6) is 0 Å². The Morgan fingerprint density at radius 3 is 2.29 bits per heavy atom. The van der Waals surface area contributed by atoms with E-state index in [1.165, 1.54) is 0 Å². The van der Waals surface area contributed by atoms with Crippen LogP contribution in [0.3, 0.4) is 0 Å². The van der Waals surface area contributed by atoms with Gasteiger partial charge in [0.05, 0.1) is 5.56 Å². The molecule has 0 bridgehead atoms. The highest BCUT2D eigenvalue weighted by Crippen LogP contribution is 2.18. The Morgan fingerprint density at radius 2 is 1.75 bits per heavy atom. The lowest BCUT2D eigenvalue weighted by atomic mass is 10.2. The van der Waals surface area contributed by atoms with E-state index >= 15 is 0 Å². The molecule has 1 N–H and O–H groups in total. The lowest BCUT2D eigenvalue weighted by Crippen LogP contribution is -2.40. The third kappa shape index (κ3) is 4.73. The Balaban J connectivity index is 1.89. The SMILES string of the molecule is CCN(CC)c1ccc(C(=O)O[C@H](C)C(=O)NC2CCCC2)cc1. The molecule has 0 aliphatic heterocycles. The fourth-order valence-corrected chi connectivity index (χ4v) is 3.07. The number of ether oxygens (including phenoxy) is 1. The van der Waals surface area contributed by atoms with Gasteiger partial charge in [0.2, 0.25) is 0 Å². The zero-order valence-electron chi connectivity index (χ0n) is 14.9. The number of rotatable bonds is 7. The molecule has 1 saturated carbocycles. The molecule has 1 atom stereocenters. The van der Waals surface area contributed by atoms with E-state index in [1.807, 2.05) is 12.1 Å². The standard InChI is InChI=1S/C19H28N2O3/c1-4-21(5-2)17-12-10-15(11-13-17)19(23)24-14(3)18(22)20-16-8-6-7-9-16/h10-14,16H,4-9H2,1-3H3,(H,20,22)/t14-/m1/s1. The van der Waals surface area contributed by atoms with Gasteiger partial charge in [-0.1, -0.05) is 12.8 Å². The van der Waals surface area contributed by atoms with Crippen molar-refractivity contribution in [3.8, 4) is 0 Å². The van der Waals surface area contributed by atoms with Gasteiger partial charge in [0.1, 0.15) is 0 Å². The minimum absolute atomic E-state index is 0.213. The number of carbonyl (C=O) groups is 2. The number of amides is 1. The summed E-state index contributed by atoms with van der Waals surface area (Å²) in [7, 11) is 0. The number of carbonyl (C=O) groups excluding carboxylic acids is 2. The summed E-state index contributed by atoms with van der Waals surface area (Å²) in [4.78, 5) is 26.5. The van der Waals surface area contributed by atoms with Gasteiger partial charge in [-0.15, -0.1) is 0 Å². The first kappa shape index (κ1) is 18.3. The maximum Gasteiger partial charge on any atom is 0.338 e. The highest BCUT2D eigenvalue weighted by molar-refractivity contribution is 5.92. The number of nitrogens with zero attached hydrogens (tertiary/aromatic N) is 1. The summed E-state index contributed by atoms with van der Waals surface area (Å²) < 4.78 is 5.30. The van der Waals surface area contributed by atoms with Crippen molar-refractivity contribution in [3.05, 3.63) is 29.8 Å². The molecule has 1 fully saturated rings. The second-order valence-corrected chi connectivity index (χ2v) is 6.26. The van der Waals surface area contributed by atoms with E-state index in [1.54, 1.807) is 19.1 Å². The van der Waals surface area contributed by atoms with Crippen molar-refractivity contribution in [2.75, 3.05) is 18.0 Å². The average Bonchev–Trinajstić information content (AvgIpc) is 3.09. The van der Waals surface area contributed by atoms with E-state index in [0.717, 1.165) is 44.5 Å². The van der Waals surface area contributed by atoms with Crippen LogP contribution < -0.4 is 10.2 Å². The van der Waals surface area contributed by atoms with Crippen LogP contribution in [0.4, 0.5) is 5.69 Å². The van der Waals surface area contributed by atoms with E-state index in [-0.39, 0.29) is 11.9 Å². The molecule has 0 saturated heterocycles. The molecule has 1 aliphatic rings. The average molecular weight is 332 g/mol. The Hall–Kier alpha value is -2.04. The van der Waals surface area contributed by atoms with Crippen LogP contribution in [0, 0.1) is 0 Å². The van der Waals surface area contributed by atoms with E-state index < -0.39 is 12.1 Å². The molecule has 0 spiro atoms. The maximum absolute atomic E-state index is 12.2. The summed E-state index contributed by atoms with van der Waals surface area (Å²) in [5, 5.41) is 2.95. The fraction of sp³-hybridized carbons (Fsp3) is 0.579. The zero-order chi connectivity index (χ0) is 17.5. The Labute approximate surface area is 144 Å². The summed E-state index contributed by atoms with van der Waals surface area (Å²) >= 11 is 0. The molecule has 24 heavy (non-hydrogen) atoms. The van der Waals surface area contributed by atoms with Crippen LogP contribution in [0.25, 0.3) is 0 Å². The molecule has 2 rings (SSSR count). The summed E-state index contributed by atoms with van der Waals surface area (Å²) in [6, 6.07) is 7.54. The lowest BCUT2D eigenvalue weighted by molar-refractivity contribution is -0.129. The zero-order valence-corrected chi connectivity index (χ0v) is 14.9. The fourth-order valence-electron chi connectivity index (χ4n) is 3.07. The molecule has 5 heteroatoms. The predicted molar refractivity (Wildman–Crippen MR) is 95.3 cm³/mol. The largest absolute Gasteiger partial charge is 0.449 e. The van der Waals surface area contributed by atoms with Gasteiger partial charge >= 0.3 is 5.97 Å². The number of hydrogen-bond donors (Lipinski definition) is 1. The van der Waals surface area contributed by atoms with Crippen LogP contribution in [0.2, 0.25) is 0 Å².